The maximum absolute atomic E-state index is 9.34. The molecule has 1 saturated heterocycles. The van der Waals surface area contributed by atoms with E-state index in [4.69, 9.17) is 19.8 Å². The van der Waals surface area contributed by atoms with E-state index in [2.05, 4.69) is 46.2 Å². The van der Waals surface area contributed by atoms with Gasteiger partial charge in [-0.25, -0.2) is 9.59 Å². The normalized spacial score (nSPS) is 14.9. The molecule has 0 saturated carbocycles. The van der Waals surface area contributed by atoms with Gasteiger partial charge in [-0.3, -0.25) is 9.80 Å². The maximum Gasteiger partial charge on any atom is 0.414 e. The Bertz CT molecular complexity index is 786. The van der Waals surface area contributed by atoms with E-state index in [1.165, 1.54) is 11.1 Å². The van der Waals surface area contributed by atoms with Crippen LogP contribution < -0.4 is 0 Å². The summed E-state index contributed by atoms with van der Waals surface area (Å²) >= 11 is 0. The SMILES string of the molecule is O=C(O)C(=O)O.Oc1ccc(CN2CCN(C/C=C/c3ccccc3)CC2)cc1. The molecule has 154 valence electrons. The molecule has 1 heterocycles. The van der Waals surface area contributed by atoms with Crippen molar-refractivity contribution < 1.29 is 24.9 Å². The van der Waals surface area contributed by atoms with E-state index in [9.17, 15) is 5.11 Å². The van der Waals surface area contributed by atoms with Crippen LogP contribution in [0.15, 0.2) is 60.7 Å². The third-order valence-corrected chi connectivity index (χ3v) is 4.46. The summed E-state index contributed by atoms with van der Waals surface area (Å²) in [6.45, 7) is 6.39. The largest absolute Gasteiger partial charge is 0.508 e. The first-order valence-corrected chi connectivity index (χ1v) is 9.34. The lowest BCUT2D eigenvalue weighted by molar-refractivity contribution is -0.159. The molecule has 7 nitrogen and oxygen atoms in total. The van der Waals surface area contributed by atoms with Gasteiger partial charge in [0, 0.05) is 39.3 Å². The van der Waals surface area contributed by atoms with E-state index >= 15 is 0 Å². The maximum atomic E-state index is 9.34. The van der Waals surface area contributed by atoms with Gasteiger partial charge in [-0.05, 0) is 23.3 Å². The van der Waals surface area contributed by atoms with E-state index in [1.807, 2.05) is 18.2 Å². The van der Waals surface area contributed by atoms with E-state index < -0.39 is 11.9 Å². The van der Waals surface area contributed by atoms with Crippen molar-refractivity contribution in [1.82, 2.24) is 9.80 Å². The van der Waals surface area contributed by atoms with Crippen LogP contribution in [0.1, 0.15) is 11.1 Å². The highest BCUT2D eigenvalue weighted by Crippen LogP contribution is 2.13. The predicted molar refractivity (Wildman–Crippen MR) is 111 cm³/mol. The van der Waals surface area contributed by atoms with Crippen LogP contribution in [0.5, 0.6) is 5.75 Å². The van der Waals surface area contributed by atoms with Gasteiger partial charge in [0.05, 0.1) is 0 Å². The number of phenolic OH excluding ortho intramolecular Hbond substituents is 1. The molecule has 3 rings (SSSR count). The number of hydrogen-bond acceptors (Lipinski definition) is 5. The molecule has 0 radical (unpaired) electrons. The molecule has 29 heavy (non-hydrogen) atoms. The average Bonchev–Trinajstić information content (AvgIpc) is 2.72. The van der Waals surface area contributed by atoms with Gasteiger partial charge < -0.3 is 15.3 Å². The minimum Gasteiger partial charge on any atom is -0.508 e. The summed E-state index contributed by atoms with van der Waals surface area (Å²) in [7, 11) is 0. The summed E-state index contributed by atoms with van der Waals surface area (Å²) in [4.78, 5) is 23.2. The van der Waals surface area contributed by atoms with Gasteiger partial charge in [0.1, 0.15) is 5.75 Å². The Morgan fingerprint density at radius 3 is 1.93 bits per heavy atom. The van der Waals surface area contributed by atoms with Crippen LogP contribution in [0.4, 0.5) is 0 Å². The van der Waals surface area contributed by atoms with Crippen molar-refractivity contribution in [3.05, 3.63) is 71.8 Å². The number of nitrogens with zero attached hydrogens (tertiary/aromatic N) is 2. The Morgan fingerprint density at radius 1 is 0.828 bits per heavy atom. The highest BCUT2D eigenvalue weighted by atomic mass is 16.4. The molecule has 1 aliphatic rings. The number of piperazine rings is 1. The Kier molecular flexibility index (Phi) is 8.88. The number of hydrogen-bond donors (Lipinski definition) is 3. The predicted octanol–water partition coefficient (Wildman–Crippen LogP) is 2.38. The molecule has 0 atom stereocenters. The molecule has 0 bridgehead atoms. The molecule has 1 fully saturated rings. The second-order valence-electron chi connectivity index (χ2n) is 6.67. The fraction of sp³-hybridized carbons (Fsp3) is 0.273. The topological polar surface area (TPSA) is 101 Å². The Balaban J connectivity index is 0.000000438. The van der Waals surface area contributed by atoms with E-state index in [0.29, 0.717) is 5.75 Å². The molecule has 1 aliphatic heterocycles. The third-order valence-electron chi connectivity index (χ3n) is 4.46. The van der Waals surface area contributed by atoms with Gasteiger partial charge in [-0.2, -0.15) is 0 Å². The molecular formula is C22H26N2O5. The van der Waals surface area contributed by atoms with Crippen LogP contribution in [0.3, 0.4) is 0 Å². The second-order valence-corrected chi connectivity index (χ2v) is 6.67. The number of aliphatic carboxylic acids is 2. The Hall–Kier alpha value is -3.16. The first-order valence-electron chi connectivity index (χ1n) is 9.34. The number of rotatable bonds is 5. The van der Waals surface area contributed by atoms with E-state index in [0.717, 1.165) is 39.3 Å². The summed E-state index contributed by atoms with van der Waals surface area (Å²) < 4.78 is 0. The first kappa shape index (κ1) is 22.1. The molecule has 2 aromatic carbocycles. The van der Waals surface area contributed by atoms with Crippen LogP contribution in [-0.4, -0.2) is 69.8 Å². The number of phenols is 1. The van der Waals surface area contributed by atoms with Crippen LogP contribution in [-0.2, 0) is 16.1 Å². The number of carboxylic acid groups (broad SMARTS) is 2. The van der Waals surface area contributed by atoms with Crippen molar-refractivity contribution in [2.75, 3.05) is 32.7 Å². The van der Waals surface area contributed by atoms with Gasteiger partial charge in [0.15, 0.2) is 0 Å². The summed E-state index contributed by atoms with van der Waals surface area (Å²) in [6.07, 6.45) is 4.45. The molecule has 0 aromatic heterocycles. The van der Waals surface area contributed by atoms with Crippen LogP contribution in [0.25, 0.3) is 6.08 Å². The molecule has 0 spiro atoms. The lowest BCUT2D eigenvalue weighted by Gasteiger charge is -2.34. The van der Waals surface area contributed by atoms with Gasteiger partial charge in [0.25, 0.3) is 0 Å². The van der Waals surface area contributed by atoms with E-state index in [1.54, 1.807) is 12.1 Å². The summed E-state index contributed by atoms with van der Waals surface area (Å²) in [5, 5.41) is 24.1. The average molecular weight is 398 g/mol. The van der Waals surface area contributed by atoms with Crippen LogP contribution >= 0.6 is 0 Å². The molecule has 0 unspecified atom stereocenters. The molecule has 3 N–H and O–H groups in total. The van der Waals surface area contributed by atoms with Crippen molar-refractivity contribution in [2.24, 2.45) is 0 Å². The van der Waals surface area contributed by atoms with Crippen molar-refractivity contribution in [3.63, 3.8) is 0 Å². The highest BCUT2D eigenvalue weighted by molar-refractivity contribution is 6.27. The number of carbonyl (C=O) groups is 2. The van der Waals surface area contributed by atoms with Gasteiger partial charge in [-0.1, -0.05) is 54.6 Å². The number of benzene rings is 2. The molecule has 0 aliphatic carbocycles. The monoisotopic (exact) mass is 398 g/mol. The van der Waals surface area contributed by atoms with Crippen LogP contribution in [0.2, 0.25) is 0 Å². The first-order chi connectivity index (χ1) is 13.9. The quantitative estimate of drug-likeness (QED) is 0.665. The standard InChI is InChI=1S/C20H24N2O.C2H2O4/c23-20-10-8-19(9-11-20)17-22-15-13-21(14-16-22)12-4-7-18-5-2-1-3-6-18;3-1(4)2(5)6/h1-11,23H,12-17H2;(H,3,4)(H,5,6)/b7-4+;. The number of aromatic hydroxyl groups is 1. The smallest absolute Gasteiger partial charge is 0.414 e. The number of carboxylic acids is 2. The third kappa shape index (κ3) is 8.59. The zero-order valence-corrected chi connectivity index (χ0v) is 16.1. The second kappa shape index (κ2) is 11.6. The van der Waals surface area contributed by atoms with Gasteiger partial charge >= 0.3 is 11.9 Å². The van der Waals surface area contributed by atoms with Crippen molar-refractivity contribution in [3.8, 4) is 5.75 Å². The zero-order chi connectivity index (χ0) is 21.1. The molecule has 0 amide bonds. The highest BCUT2D eigenvalue weighted by Gasteiger charge is 2.15. The van der Waals surface area contributed by atoms with Gasteiger partial charge in [0.2, 0.25) is 0 Å². The van der Waals surface area contributed by atoms with E-state index in [-0.39, 0.29) is 0 Å². The molecular weight excluding hydrogens is 372 g/mol. The summed E-state index contributed by atoms with van der Waals surface area (Å²) in [6, 6.07) is 18.0. The molecule has 2 aromatic rings. The van der Waals surface area contributed by atoms with Crippen molar-refractivity contribution in [2.45, 2.75) is 6.54 Å². The minimum absolute atomic E-state index is 0.337. The van der Waals surface area contributed by atoms with Gasteiger partial charge in [-0.15, -0.1) is 0 Å². The summed E-state index contributed by atoms with van der Waals surface area (Å²) in [5.41, 5.74) is 2.53. The fourth-order valence-electron chi connectivity index (χ4n) is 2.89. The van der Waals surface area contributed by atoms with Crippen molar-refractivity contribution >= 4 is 18.0 Å². The van der Waals surface area contributed by atoms with Crippen LogP contribution in [0, 0.1) is 0 Å². The minimum atomic E-state index is -1.82. The lowest BCUT2D eigenvalue weighted by atomic mass is 10.2. The lowest BCUT2D eigenvalue weighted by Crippen LogP contribution is -2.45. The molecule has 7 heteroatoms. The summed E-state index contributed by atoms with van der Waals surface area (Å²) in [5.74, 6) is -3.31. The fourth-order valence-corrected chi connectivity index (χ4v) is 2.89. The Morgan fingerprint density at radius 2 is 1.38 bits per heavy atom. The van der Waals surface area contributed by atoms with Crippen molar-refractivity contribution in [1.29, 1.82) is 0 Å². The zero-order valence-electron chi connectivity index (χ0n) is 16.1. The Labute approximate surface area is 170 Å².